The number of ether oxygens (including phenoxy) is 1. The van der Waals surface area contributed by atoms with Gasteiger partial charge >= 0.3 is 6.09 Å². The molecule has 0 aromatic carbocycles. The lowest BCUT2D eigenvalue weighted by atomic mass is 9.93. The van der Waals surface area contributed by atoms with Crippen LogP contribution in [0.2, 0.25) is 0 Å². The smallest absolute Gasteiger partial charge is 0.407 e. The standard InChI is InChI=1S/C15H28N2O3/c1-11-7-9-17(12(2)10-11)13(18)6-8-16-14(19)20-15(3,4)5/h11-12H,6-10H2,1-5H3,(H,16,19)/t11-,12-/m0/s1. The van der Waals surface area contributed by atoms with Crippen molar-refractivity contribution in [3.8, 4) is 0 Å². The Hall–Kier alpha value is -1.26. The molecule has 0 saturated carbocycles. The third kappa shape index (κ3) is 5.80. The summed E-state index contributed by atoms with van der Waals surface area (Å²) in [5.41, 5.74) is -0.508. The summed E-state index contributed by atoms with van der Waals surface area (Å²) in [6.07, 6.45) is 1.99. The highest BCUT2D eigenvalue weighted by molar-refractivity contribution is 5.77. The number of hydrogen-bond acceptors (Lipinski definition) is 3. The molecule has 1 heterocycles. The highest BCUT2D eigenvalue weighted by atomic mass is 16.6. The minimum Gasteiger partial charge on any atom is -0.444 e. The van der Waals surface area contributed by atoms with Gasteiger partial charge in [-0.25, -0.2) is 4.79 Å². The Morgan fingerprint density at radius 3 is 2.50 bits per heavy atom. The molecule has 0 aliphatic carbocycles. The van der Waals surface area contributed by atoms with E-state index in [2.05, 4.69) is 19.2 Å². The number of nitrogens with one attached hydrogen (secondary N) is 1. The molecule has 1 aliphatic rings. The summed E-state index contributed by atoms with van der Waals surface area (Å²) >= 11 is 0. The first-order valence-corrected chi connectivity index (χ1v) is 7.45. The van der Waals surface area contributed by atoms with Crippen LogP contribution in [0.1, 0.15) is 53.9 Å². The van der Waals surface area contributed by atoms with E-state index in [0.717, 1.165) is 19.4 Å². The number of piperidine rings is 1. The first kappa shape index (κ1) is 16.8. The molecule has 0 spiro atoms. The van der Waals surface area contributed by atoms with Crippen molar-refractivity contribution >= 4 is 12.0 Å². The molecule has 5 heteroatoms. The van der Waals surface area contributed by atoms with Gasteiger partial charge in [-0.3, -0.25) is 4.79 Å². The summed E-state index contributed by atoms with van der Waals surface area (Å²) in [4.78, 5) is 25.5. The quantitative estimate of drug-likeness (QED) is 0.866. The van der Waals surface area contributed by atoms with E-state index < -0.39 is 11.7 Å². The average molecular weight is 284 g/mol. The summed E-state index contributed by atoms with van der Waals surface area (Å²) in [6.45, 7) is 10.9. The Kier molecular flexibility index (Phi) is 5.84. The monoisotopic (exact) mass is 284 g/mol. The van der Waals surface area contributed by atoms with E-state index in [1.54, 1.807) is 0 Å². The van der Waals surface area contributed by atoms with E-state index in [9.17, 15) is 9.59 Å². The van der Waals surface area contributed by atoms with Gasteiger partial charge in [-0.2, -0.15) is 0 Å². The van der Waals surface area contributed by atoms with E-state index in [0.29, 0.717) is 24.9 Å². The fourth-order valence-electron chi connectivity index (χ4n) is 2.51. The molecule has 0 radical (unpaired) electrons. The molecule has 1 N–H and O–H groups in total. The van der Waals surface area contributed by atoms with Crippen molar-refractivity contribution < 1.29 is 14.3 Å². The molecule has 0 aromatic rings. The van der Waals surface area contributed by atoms with Crippen LogP contribution < -0.4 is 5.32 Å². The Morgan fingerprint density at radius 2 is 1.95 bits per heavy atom. The molecule has 20 heavy (non-hydrogen) atoms. The Labute approximate surface area is 122 Å². The van der Waals surface area contributed by atoms with Gasteiger partial charge in [0.1, 0.15) is 5.60 Å². The van der Waals surface area contributed by atoms with Crippen LogP contribution in [0, 0.1) is 5.92 Å². The molecular formula is C15H28N2O3. The number of carbonyl (C=O) groups excluding carboxylic acids is 2. The van der Waals surface area contributed by atoms with Crippen molar-refractivity contribution in [3.05, 3.63) is 0 Å². The molecule has 1 saturated heterocycles. The Morgan fingerprint density at radius 1 is 1.30 bits per heavy atom. The second-order valence-electron chi connectivity index (χ2n) is 6.74. The Balaban J connectivity index is 2.28. The Bertz CT molecular complexity index is 350. The summed E-state index contributed by atoms with van der Waals surface area (Å²) < 4.78 is 5.13. The van der Waals surface area contributed by atoms with Crippen molar-refractivity contribution in [1.29, 1.82) is 0 Å². The molecular weight excluding hydrogens is 256 g/mol. The maximum absolute atomic E-state index is 12.1. The number of rotatable bonds is 3. The van der Waals surface area contributed by atoms with Crippen LogP contribution in [-0.2, 0) is 9.53 Å². The van der Waals surface area contributed by atoms with Gasteiger partial charge in [0, 0.05) is 25.6 Å². The fourth-order valence-corrected chi connectivity index (χ4v) is 2.51. The van der Waals surface area contributed by atoms with E-state index in [-0.39, 0.29) is 5.91 Å². The summed E-state index contributed by atoms with van der Waals surface area (Å²) in [7, 11) is 0. The second kappa shape index (κ2) is 6.95. The zero-order valence-corrected chi connectivity index (χ0v) is 13.4. The van der Waals surface area contributed by atoms with Crippen LogP contribution in [0.4, 0.5) is 4.79 Å². The maximum atomic E-state index is 12.1. The van der Waals surface area contributed by atoms with Gasteiger partial charge in [0.25, 0.3) is 0 Å². The van der Waals surface area contributed by atoms with Gasteiger partial charge in [-0.15, -0.1) is 0 Å². The van der Waals surface area contributed by atoms with Crippen molar-refractivity contribution in [2.75, 3.05) is 13.1 Å². The van der Waals surface area contributed by atoms with Crippen LogP contribution in [-0.4, -0.2) is 41.6 Å². The number of carbonyl (C=O) groups is 2. The van der Waals surface area contributed by atoms with E-state index in [1.165, 1.54) is 0 Å². The van der Waals surface area contributed by atoms with E-state index in [4.69, 9.17) is 4.74 Å². The lowest BCUT2D eigenvalue weighted by molar-refractivity contribution is -0.134. The van der Waals surface area contributed by atoms with Gasteiger partial charge in [0.05, 0.1) is 0 Å². The van der Waals surface area contributed by atoms with Crippen LogP contribution in [0.5, 0.6) is 0 Å². The van der Waals surface area contributed by atoms with Crippen LogP contribution in [0.25, 0.3) is 0 Å². The molecule has 116 valence electrons. The molecule has 1 fully saturated rings. The normalized spacial score (nSPS) is 23.4. The summed E-state index contributed by atoms with van der Waals surface area (Å²) in [5, 5.41) is 2.62. The molecule has 2 amide bonds. The molecule has 0 unspecified atom stereocenters. The summed E-state index contributed by atoms with van der Waals surface area (Å²) in [5.74, 6) is 0.800. The van der Waals surface area contributed by atoms with E-state index >= 15 is 0 Å². The van der Waals surface area contributed by atoms with Gasteiger partial charge in [0.2, 0.25) is 5.91 Å². The second-order valence-corrected chi connectivity index (χ2v) is 6.74. The van der Waals surface area contributed by atoms with E-state index in [1.807, 2.05) is 25.7 Å². The van der Waals surface area contributed by atoms with Gasteiger partial charge in [0.15, 0.2) is 0 Å². The molecule has 0 aromatic heterocycles. The minimum atomic E-state index is -0.508. The topological polar surface area (TPSA) is 58.6 Å². The molecule has 1 aliphatic heterocycles. The zero-order chi connectivity index (χ0) is 15.3. The highest BCUT2D eigenvalue weighted by Gasteiger charge is 2.26. The highest BCUT2D eigenvalue weighted by Crippen LogP contribution is 2.22. The largest absolute Gasteiger partial charge is 0.444 e. The first-order valence-electron chi connectivity index (χ1n) is 7.45. The van der Waals surface area contributed by atoms with Crippen LogP contribution in [0.15, 0.2) is 0 Å². The zero-order valence-electron chi connectivity index (χ0n) is 13.4. The van der Waals surface area contributed by atoms with Crippen molar-refractivity contribution in [3.63, 3.8) is 0 Å². The third-order valence-electron chi connectivity index (χ3n) is 3.47. The van der Waals surface area contributed by atoms with Crippen molar-refractivity contribution in [2.24, 2.45) is 5.92 Å². The van der Waals surface area contributed by atoms with Crippen LogP contribution >= 0.6 is 0 Å². The molecule has 0 bridgehead atoms. The minimum absolute atomic E-state index is 0.112. The SMILES string of the molecule is C[C@H]1CCN(C(=O)CCNC(=O)OC(C)(C)C)[C@@H](C)C1. The number of alkyl carbamates (subject to hydrolysis) is 1. The number of amides is 2. The predicted molar refractivity (Wildman–Crippen MR) is 78.4 cm³/mol. The predicted octanol–water partition coefficient (Wildman–Crippen LogP) is 2.55. The van der Waals surface area contributed by atoms with Gasteiger partial charge in [-0.05, 0) is 46.5 Å². The van der Waals surface area contributed by atoms with Gasteiger partial charge < -0.3 is 15.0 Å². The molecule has 1 rings (SSSR count). The maximum Gasteiger partial charge on any atom is 0.407 e. The number of hydrogen-bond donors (Lipinski definition) is 1. The van der Waals surface area contributed by atoms with Crippen molar-refractivity contribution in [2.45, 2.75) is 65.5 Å². The first-order chi connectivity index (χ1) is 9.19. The van der Waals surface area contributed by atoms with Crippen LogP contribution in [0.3, 0.4) is 0 Å². The molecule has 5 nitrogen and oxygen atoms in total. The molecule has 2 atom stereocenters. The van der Waals surface area contributed by atoms with Gasteiger partial charge in [-0.1, -0.05) is 6.92 Å². The lowest BCUT2D eigenvalue weighted by Crippen LogP contribution is -2.45. The summed E-state index contributed by atoms with van der Waals surface area (Å²) in [6, 6.07) is 0.299. The number of nitrogens with zero attached hydrogens (tertiary/aromatic N) is 1. The van der Waals surface area contributed by atoms with Crippen molar-refractivity contribution in [1.82, 2.24) is 10.2 Å². The lowest BCUT2D eigenvalue weighted by Gasteiger charge is -2.36. The fraction of sp³-hybridized carbons (Fsp3) is 0.867. The average Bonchev–Trinajstić information content (AvgIpc) is 2.25. The third-order valence-corrected chi connectivity index (χ3v) is 3.47. The number of likely N-dealkylation sites (tertiary alicyclic amines) is 1.